The third-order valence-electron chi connectivity index (χ3n) is 5.78. The van der Waals surface area contributed by atoms with E-state index in [1.807, 2.05) is 11.8 Å². The van der Waals surface area contributed by atoms with Gasteiger partial charge in [0, 0.05) is 50.2 Å². The molecule has 0 amide bonds. The number of hydrogen-bond donors (Lipinski definition) is 0. The fourth-order valence-corrected chi connectivity index (χ4v) is 5.19. The molecule has 0 bridgehead atoms. The Bertz CT molecular complexity index is 1430. The lowest BCUT2D eigenvalue weighted by Gasteiger charge is -2.33. The maximum absolute atomic E-state index is 12.8. The van der Waals surface area contributed by atoms with Crippen molar-refractivity contribution >= 4 is 32.6 Å². The zero-order valence-electron chi connectivity index (χ0n) is 18.9. The van der Waals surface area contributed by atoms with Crippen LogP contribution in [0.4, 0.5) is 5.69 Å². The Kier molecular flexibility index (Phi) is 6.96. The number of carbonyl (C=O) groups is 1. The summed E-state index contributed by atoms with van der Waals surface area (Å²) >= 11 is 0. The monoisotopic (exact) mass is 501 g/mol. The molecule has 0 atom stereocenters. The summed E-state index contributed by atoms with van der Waals surface area (Å²) in [5.74, 6) is -0.896. The van der Waals surface area contributed by atoms with Gasteiger partial charge in [-0.1, -0.05) is 17.7 Å². The summed E-state index contributed by atoms with van der Waals surface area (Å²) < 4.78 is 37.3. The largest absolute Gasteiger partial charge is 0.461 e. The van der Waals surface area contributed by atoms with Gasteiger partial charge in [-0.25, -0.2) is 18.0 Å². The van der Waals surface area contributed by atoms with Crippen molar-refractivity contribution in [3.63, 3.8) is 0 Å². The predicted molar refractivity (Wildman–Crippen MR) is 126 cm³/mol. The molecule has 1 saturated heterocycles. The Balaban J connectivity index is 1.32. The number of fused-ring (bicyclic) bond motifs is 1. The number of ether oxygens (including phenoxy) is 1. The van der Waals surface area contributed by atoms with Crippen LogP contribution in [0.3, 0.4) is 0 Å². The third kappa shape index (κ3) is 5.39. The zero-order chi connectivity index (χ0) is 25.2. The molecule has 0 N–H and O–H groups in total. The van der Waals surface area contributed by atoms with Crippen molar-refractivity contribution in [3.05, 3.63) is 80.2 Å². The Morgan fingerprint density at radius 3 is 2.43 bits per heavy atom. The Morgan fingerprint density at radius 1 is 1.09 bits per heavy atom. The smallest absolute Gasteiger partial charge is 0.351 e. The van der Waals surface area contributed by atoms with Gasteiger partial charge in [-0.15, -0.1) is 0 Å². The SMILES string of the molecule is Cc1ccc(S(=O)(=O)N2CCN(CCOC(=O)c3cc4cc([N+](=O)[O-])ccc4oc3=O)CC2)cc1. The van der Waals surface area contributed by atoms with Crippen LogP contribution in [0.25, 0.3) is 11.0 Å². The van der Waals surface area contributed by atoms with E-state index in [1.54, 1.807) is 24.3 Å². The molecule has 1 aromatic heterocycles. The van der Waals surface area contributed by atoms with Crippen LogP contribution in [0.15, 0.2) is 62.6 Å². The normalized spacial score (nSPS) is 15.2. The fourth-order valence-electron chi connectivity index (χ4n) is 3.76. The van der Waals surface area contributed by atoms with Gasteiger partial charge < -0.3 is 9.15 Å². The summed E-state index contributed by atoms with van der Waals surface area (Å²) in [6.45, 7) is 3.76. The topological polar surface area (TPSA) is 140 Å². The molecule has 3 aromatic rings. The van der Waals surface area contributed by atoms with Gasteiger partial charge in [0.25, 0.3) is 5.69 Å². The summed E-state index contributed by atoms with van der Waals surface area (Å²) in [4.78, 5) is 37.1. The molecular formula is C23H23N3O8S. The molecule has 1 aliphatic heterocycles. The maximum Gasteiger partial charge on any atom is 0.351 e. The number of benzene rings is 2. The number of aryl methyl sites for hydroxylation is 1. The van der Waals surface area contributed by atoms with E-state index in [4.69, 9.17) is 9.15 Å². The lowest BCUT2D eigenvalue weighted by molar-refractivity contribution is -0.384. The molecule has 184 valence electrons. The standard InChI is InChI=1S/C23H23N3O8S/c1-16-2-5-19(6-3-16)35(31,32)25-10-8-24(9-11-25)12-13-33-22(27)20-15-17-14-18(26(29)30)4-7-21(17)34-23(20)28/h2-7,14-15H,8-13H2,1H3. The number of piperazine rings is 1. The molecule has 1 fully saturated rings. The lowest BCUT2D eigenvalue weighted by Crippen LogP contribution is -2.49. The van der Waals surface area contributed by atoms with Gasteiger partial charge in [0.1, 0.15) is 17.8 Å². The summed E-state index contributed by atoms with van der Waals surface area (Å²) in [5.41, 5.74) is -0.353. The van der Waals surface area contributed by atoms with Crippen molar-refractivity contribution in [2.75, 3.05) is 39.3 Å². The van der Waals surface area contributed by atoms with Crippen molar-refractivity contribution in [1.82, 2.24) is 9.21 Å². The van der Waals surface area contributed by atoms with Gasteiger partial charge in [0.05, 0.1) is 9.82 Å². The minimum absolute atomic E-state index is 0.0179. The van der Waals surface area contributed by atoms with E-state index in [2.05, 4.69) is 0 Å². The van der Waals surface area contributed by atoms with Crippen molar-refractivity contribution in [3.8, 4) is 0 Å². The number of non-ortho nitro benzene ring substituents is 1. The van der Waals surface area contributed by atoms with E-state index in [9.17, 15) is 28.1 Å². The predicted octanol–water partition coefficient (Wildman–Crippen LogP) is 2.17. The molecule has 2 aromatic carbocycles. The van der Waals surface area contributed by atoms with Crippen LogP contribution in [0.5, 0.6) is 0 Å². The van der Waals surface area contributed by atoms with Crippen LogP contribution in [-0.2, 0) is 14.8 Å². The molecule has 35 heavy (non-hydrogen) atoms. The molecule has 0 aliphatic carbocycles. The lowest BCUT2D eigenvalue weighted by atomic mass is 10.1. The summed E-state index contributed by atoms with van der Waals surface area (Å²) in [5, 5.41) is 11.2. The van der Waals surface area contributed by atoms with Gasteiger partial charge in [-0.05, 0) is 31.2 Å². The van der Waals surface area contributed by atoms with Gasteiger partial charge in [0.2, 0.25) is 10.0 Å². The van der Waals surface area contributed by atoms with Crippen LogP contribution in [0, 0.1) is 17.0 Å². The van der Waals surface area contributed by atoms with Crippen molar-refractivity contribution in [2.45, 2.75) is 11.8 Å². The molecule has 0 spiro atoms. The highest BCUT2D eigenvalue weighted by Gasteiger charge is 2.28. The summed E-state index contributed by atoms with van der Waals surface area (Å²) in [6.07, 6.45) is 0. The number of esters is 1. The van der Waals surface area contributed by atoms with Gasteiger partial charge >= 0.3 is 11.6 Å². The van der Waals surface area contributed by atoms with Crippen LogP contribution < -0.4 is 5.63 Å². The first-order valence-corrected chi connectivity index (χ1v) is 12.3. The molecule has 2 heterocycles. The summed E-state index contributed by atoms with van der Waals surface area (Å²) in [7, 11) is -3.57. The van der Waals surface area contributed by atoms with Crippen LogP contribution in [-0.4, -0.2) is 67.8 Å². The van der Waals surface area contributed by atoms with Crippen LogP contribution in [0.1, 0.15) is 15.9 Å². The number of nitrogens with zero attached hydrogens (tertiary/aromatic N) is 3. The number of sulfonamides is 1. The first-order valence-electron chi connectivity index (χ1n) is 10.8. The van der Waals surface area contributed by atoms with E-state index >= 15 is 0 Å². The molecular weight excluding hydrogens is 478 g/mol. The molecule has 12 heteroatoms. The second-order valence-corrected chi connectivity index (χ2v) is 10.1. The molecule has 0 radical (unpaired) electrons. The molecule has 11 nitrogen and oxygen atoms in total. The van der Waals surface area contributed by atoms with Gasteiger partial charge in [-0.3, -0.25) is 15.0 Å². The Labute approximate surface area is 200 Å². The molecule has 4 rings (SSSR count). The van der Waals surface area contributed by atoms with E-state index in [-0.39, 0.29) is 33.7 Å². The highest BCUT2D eigenvalue weighted by atomic mass is 32.2. The first-order chi connectivity index (χ1) is 16.6. The quantitative estimate of drug-likeness (QED) is 0.206. The second-order valence-electron chi connectivity index (χ2n) is 8.12. The average molecular weight is 502 g/mol. The van der Waals surface area contributed by atoms with Crippen LogP contribution in [0.2, 0.25) is 0 Å². The average Bonchev–Trinajstić information content (AvgIpc) is 2.83. The number of rotatable bonds is 7. The summed E-state index contributed by atoms with van der Waals surface area (Å²) in [6, 6.07) is 11.6. The highest BCUT2D eigenvalue weighted by molar-refractivity contribution is 7.89. The van der Waals surface area contributed by atoms with E-state index in [0.29, 0.717) is 32.7 Å². The van der Waals surface area contributed by atoms with E-state index < -0.39 is 26.5 Å². The van der Waals surface area contributed by atoms with Gasteiger partial charge in [-0.2, -0.15) is 4.31 Å². The Hall–Kier alpha value is -3.61. The highest BCUT2D eigenvalue weighted by Crippen LogP contribution is 2.21. The number of hydrogen-bond acceptors (Lipinski definition) is 9. The first kappa shape index (κ1) is 24.5. The molecule has 1 aliphatic rings. The van der Waals surface area contributed by atoms with Crippen molar-refractivity contribution < 1.29 is 27.3 Å². The number of nitro groups is 1. The van der Waals surface area contributed by atoms with Gasteiger partial charge in [0.15, 0.2) is 0 Å². The fraction of sp³-hybridized carbons (Fsp3) is 0.304. The zero-order valence-corrected chi connectivity index (χ0v) is 19.7. The van der Waals surface area contributed by atoms with E-state index in [0.717, 1.165) is 5.56 Å². The number of carbonyl (C=O) groups excluding carboxylic acids is 1. The molecule has 0 saturated carbocycles. The van der Waals surface area contributed by atoms with Crippen molar-refractivity contribution in [2.24, 2.45) is 0 Å². The van der Waals surface area contributed by atoms with Crippen molar-refractivity contribution in [1.29, 1.82) is 0 Å². The van der Waals surface area contributed by atoms with Crippen LogP contribution >= 0.6 is 0 Å². The third-order valence-corrected chi connectivity index (χ3v) is 7.69. The second kappa shape index (κ2) is 9.94. The van der Waals surface area contributed by atoms with E-state index in [1.165, 1.54) is 28.6 Å². The maximum atomic E-state index is 12.8. The Morgan fingerprint density at radius 2 is 1.77 bits per heavy atom. The molecule has 0 unspecified atom stereocenters. The minimum Gasteiger partial charge on any atom is -0.461 e. The number of nitro benzene ring substituents is 1. The minimum atomic E-state index is -3.57.